The van der Waals surface area contributed by atoms with Crippen LogP contribution in [0.3, 0.4) is 0 Å². The first-order chi connectivity index (χ1) is 8.60. The second-order valence-corrected chi connectivity index (χ2v) is 4.41. The zero-order valence-electron chi connectivity index (χ0n) is 10.6. The van der Waals surface area contributed by atoms with Gasteiger partial charge in [0.25, 0.3) is 0 Å². The summed E-state index contributed by atoms with van der Waals surface area (Å²) in [7, 11) is 1.85. The van der Waals surface area contributed by atoms with Crippen molar-refractivity contribution >= 4 is 28.9 Å². The van der Waals surface area contributed by atoms with Gasteiger partial charge in [0.2, 0.25) is 0 Å². The van der Waals surface area contributed by atoms with Gasteiger partial charge in [0, 0.05) is 23.3 Å². The molecule has 94 valence electrons. The molecule has 0 fully saturated rings. The van der Waals surface area contributed by atoms with Gasteiger partial charge in [-0.05, 0) is 32.0 Å². The van der Waals surface area contributed by atoms with Crippen LogP contribution >= 0.6 is 11.6 Å². The number of nitrogens with one attached hydrogen (secondary N) is 2. The molecule has 2 rings (SSSR count). The van der Waals surface area contributed by atoms with Gasteiger partial charge in [-0.25, -0.2) is 9.97 Å². The van der Waals surface area contributed by atoms with Crippen molar-refractivity contribution in [2.24, 2.45) is 0 Å². The van der Waals surface area contributed by atoms with Crippen LogP contribution in [0.15, 0.2) is 24.3 Å². The highest BCUT2D eigenvalue weighted by molar-refractivity contribution is 6.30. The van der Waals surface area contributed by atoms with Crippen LogP contribution in [-0.4, -0.2) is 17.0 Å². The molecule has 0 aliphatic heterocycles. The second kappa shape index (κ2) is 5.23. The molecular formula is C13H15ClN4. The van der Waals surface area contributed by atoms with Crippen molar-refractivity contribution in [3.8, 4) is 0 Å². The second-order valence-electron chi connectivity index (χ2n) is 3.98. The number of nitrogens with zero attached hydrogens (tertiary/aromatic N) is 2. The van der Waals surface area contributed by atoms with Crippen molar-refractivity contribution in [2.45, 2.75) is 13.8 Å². The summed E-state index contributed by atoms with van der Waals surface area (Å²) in [5.41, 5.74) is 1.88. The van der Waals surface area contributed by atoms with Crippen LogP contribution in [0, 0.1) is 13.8 Å². The molecule has 0 saturated heterocycles. The average Bonchev–Trinajstić information content (AvgIpc) is 2.33. The lowest BCUT2D eigenvalue weighted by molar-refractivity contribution is 1.04. The smallest absolute Gasteiger partial charge is 0.139 e. The van der Waals surface area contributed by atoms with Gasteiger partial charge in [-0.15, -0.1) is 0 Å². The molecule has 1 aromatic carbocycles. The Kier molecular flexibility index (Phi) is 3.67. The van der Waals surface area contributed by atoms with Gasteiger partial charge >= 0.3 is 0 Å². The molecule has 0 radical (unpaired) electrons. The minimum atomic E-state index is 0.692. The molecule has 4 nitrogen and oxygen atoms in total. The predicted molar refractivity (Wildman–Crippen MR) is 75.8 cm³/mol. The summed E-state index contributed by atoms with van der Waals surface area (Å²) in [5.74, 6) is 2.33. The number of anilines is 3. The van der Waals surface area contributed by atoms with E-state index in [1.807, 2.05) is 45.2 Å². The average molecular weight is 263 g/mol. The molecule has 1 aromatic heterocycles. The third kappa shape index (κ3) is 2.71. The summed E-state index contributed by atoms with van der Waals surface area (Å²) in [4.78, 5) is 8.72. The maximum Gasteiger partial charge on any atom is 0.139 e. The van der Waals surface area contributed by atoms with Crippen LogP contribution in [0.1, 0.15) is 11.4 Å². The number of aromatic nitrogens is 2. The van der Waals surface area contributed by atoms with Crippen molar-refractivity contribution in [1.82, 2.24) is 9.97 Å². The Bertz CT molecular complexity index is 569. The molecule has 18 heavy (non-hydrogen) atoms. The maximum atomic E-state index is 5.96. The standard InChI is InChI=1S/C13H15ClN4/c1-8-12(15-3)16-9(2)17-13(8)18-11-6-4-5-10(14)7-11/h4-7H,1-3H3,(H2,15,16,17,18). The molecule has 0 amide bonds. The molecule has 0 unspecified atom stereocenters. The Morgan fingerprint density at radius 3 is 2.50 bits per heavy atom. The molecule has 0 aliphatic rings. The first-order valence-corrected chi connectivity index (χ1v) is 6.03. The van der Waals surface area contributed by atoms with Crippen molar-refractivity contribution in [3.05, 3.63) is 40.7 Å². The maximum absolute atomic E-state index is 5.96. The minimum absolute atomic E-state index is 0.692. The number of aryl methyl sites for hydroxylation is 1. The number of halogens is 1. The first kappa shape index (κ1) is 12.6. The Balaban J connectivity index is 2.37. The van der Waals surface area contributed by atoms with Crippen molar-refractivity contribution in [3.63, 3.8) is 0 Å². The zero-order chi connectivity index (χ0) is 13.1. The lowest BCUT2D eigenvalue weighted by Crippen LogP contribution is -2.05. The van der Waals surface area contributed by atoms with Crippen LogP contribution in [-0.2, 0) is 0 Å². The topological polar surface area (TPSA) is 49.8 Å². The fourth-order valence-electron chi connectivity index (χ4n) is 1.70. The summed E-state index contributed by atoms with van der Waals surface area (Å²) in [5, 5.41) is 7.00. The minimum Gasteiger partial charge on any atom is -0.373 e. The van der Waals surface area contributed by atoms with E-state index in [2.05, 4.69) is 20.6 Å². The molecule has 0 saturated carbocycles. The molecule has 2 N–H and O–H groups in total. The van der Waals surface area contributed by atoms with Crippen LogP contribution in [0.5, 0.6) is 0 Å². The molecule has 0 atom stereocenters. The molecule has 0 spiro atoms. The largest absolute Gasteiger partial charge is 0.373 e. The lowest BCUT2D eigenvalue weighted by atomic mass is 10.2. The van der Waals surface area contributed by atoms with Gasteiger partial charge in [0.05, 0.1) is 0 Å². The van der Waals surface area contributed by atoms with E-state index in [1.54, 1.807) is 0 Å². The van der Waals surface area contributed by atoms with Crippen LogP contribution in [0.25, 0.3) is 0 Å². The summed E-state index contributed by atoms with van der Waals surface area (Å²) in [6.07, 6.45) is 0. The third-order valence-electron chi connectivity index (χ3n) is 2.58. The van der Waals surface area contributed by atoms with Gasteiger partial charge in [0.1, 0.15) is 17.5 Å². The fourth-order valence-corrected chi connectivity index (χ4v) is 1.89. The molecule has 5 heteroatoms. The Labute approximate surface area is 111 Å². The lowest BCUT2D eigenvalue weighted by Gasteiger charge is -2.12. The van der Waals surface area contributed by atoms with E-state index < -0.39 is 0 Å². The van der Waals surface area contributed by atoms with Crippen molar-refractivity contribution < 1.29 is 0 Å². The number of benzene rings is 1. The van der Waals surface area contributed by atoms with Gasteiger partial charge in [-0.2, -0.15) is 0 Å². The fraction of sp³-hybridized carbons (Fsp3) is 0.231. The molecule has 0 bridgehead atoms. The van der Waals surface area contributed by atoms with Gasteiger partial charge < -0.3 is 10.6 Å². The number of hydrogen-bond acceptors (Lipinski definition) is 4. The van der Waals surface area contributed by atoms with Gasteiger partial charge in [0.15, 0.2) is 0 Å². The Morgan fingerprint density at radius 2 is 1.83 bits per heavy atom. The van der Waals surface area contributed by atoms with E-state index in [9.17, 15) is 0 Å². The highest BCUT2D eigenvalue weighted by atomic mass is 35.5. The van der Waals surface area contributed by atoms with E-state index in [0.717, 1.165) is 28.7 Å². The Hall–Kier alpha value is -1.81. The Morgan fingerprint density at radius 1 is 1.11 bits per heavy atom. The van der Waals surface area contributed by atoms with Gasteiger partial charge in [-0.3, -0.25) is 0 Å². The third-order valence-corrected chi connectivity index (χ3v) is 2.82. The highest BCUT2D eigenvalue weighted by Crippen LogP contribution is 2.24. The predicted octanol–water partition coefficient (Wildman–Crippen LogP) is 3.53. The van der Waals surface area contributed by atoms with E-state index in [1.165, 1.54) is 0 Å². The quantitative estimate of drug-likeness (QED) is 0.888. The number of hydrogen-bond donors (Lipinski definition) is 2. The van der Waals surface area contributed by atoms with Gasteiger partial charge in [-0.1, -0.05) is 17.7 Å². The van der Waals surface area contributed by atoms with E-state index in [0.29, 0.717) is 5.02 Å². The highest BCUT2D eigenvalue weighted by Gasteiger charge is 2.08. The van der Waals surface area contributed by atoms with Crippen molar-refractivity contribution in [1.29, 1.82) is 0 Å². The molecule has 2 aromatic rings. The molecule has 1 heterocycles. The summed E-state index contributed by atoms with van der Waals surface area (Å²) in [6.45, 7) is 3.83. The van der Waals surface area contributed by atoms with Crippen molar-refractivity contribution in [2.75, 3.05) is 17.7 Å². The monoisotopic (exact) mass is 262 g/mol. The summed E-state index contributed by atoms with van der Waals surface area (Å²) in [6, 6.07) is 7.54. The van der Waals surface area contributed by atoms with E-state index >= 15 is 0 Å². The van der Waals surface area contributed by atoms with Crippen LogP contribution in [0.4, 0.5) is 17.3 Å². The SMILES string of the molecule is CNc1nc(C)nc(Nc2cccc(Cl)c2)c1C. The first-order valence-electron chi connectivity index (χ1n) is 5.65. The van der Waals surface area contributed by atoms with E-state index in [-0.39, 0.29) is 0 Å². The summed E-state index contributed by atoms with van der Waals surface area (Å²) < 4.78 is 0. The normalized spacial score (nSPS) is 10.2. The zero-order valence-corrected chi connectivity index (χ0v) is 11.3. The molecule has 0 aliphatic carbocycles. The van der Waals surface area contributed by atoms with Crippen LogP contribution in [0.2, 0.25) is 5.02 Å². The van der Waals surface area contributed by atoms with E-state index in [4.69, 9.17) is 11.6 Å². The number of rotatable bonds is 3. The van der Waals surface area contributed by atoms with Crippen LogP contribution < -0.4 is 10.6 Å². The molecular weight excluding hydrogens is 248 g/mol. The summed E-state index contributed by atoms with van der Waals surface area (Å²) >= 11 is 5.96.